The average Bonchev–Trinajstić information content (AvgIpc) is 3.00. The highest BCUT2D eigenvalue weighted by molar-refractivity contribution is 7.09. The second-order valence-corrected chi connectivity index (χ2v) is 5.50. The first-order chi connectivity index (χ1) is 8.31. The number of aromatic nitrogens is 1. The summed E-state index contributed by atoms with van der Waals surface area (Å²) in [6, 6.07) is 12.6. The van der Waals surface area contributed by atoms with Crippen molar-refractivity contribution < 1.29 is 0 Å². The van der Waals surface area contributed by atoms with Crippen LogP contribution in [0.1, 0.15) is 17.8 Å². The molecule has 84 valence electrons. The summed E-state index contributed by atoms with van der Waals surface area (Å²) < 4.78 is 0. The van der Waals surface area contributed by atoms with Crippen molar-refractivity contribution in [3.8, 4) is 17.3 Å². The van der Waals surface area contributed by atoms with Crippen LogP contribution in [-0.4, -0.2) is 4.98 Å². The Bertz CT molecular complexity index is 561. The molecule has 2 nitrogen and oxygen atoms in total. The van der Waals surface area contributed by atoms with Gasteiger partial charge in [0.25, 0.3) is 0 Å². The molecule has 1 saturated carbocycles. The molecule has 17 heavy (non-hydrogen) atoms. The first-order valence-electron chi connectivity index (χ1n) is 5.72. The Labute approximate surface area is 105 Å². The molecular formula is C14H12N2S. The minimum absolute atomic E-state index is 0.0915. The Morgan fingerprint density at radius 3 is 2.71 bits per heavy atom. The highest BCUT2D eigenvalue weighted by atomic mass is 32.1. The number of hydrogen-bond acceptors (Lipinski definition) is 3. The molecular weight excluding hydrogens is 228 g/mol. The van der Waals surface area contributed by atoms with Crippen molar-refractivity contribution in [1.82, 2.24) is 4.98 Å². The van der Waals surface area contributed by atoms with E-state index in [1.165, 1.54) is 0 Å². The number of thiazole rings is 1. The maximum atomic E-state index is 9.07. The van der Waals surface area contributed by atoms with Crippen LogP contribution in [0.25, 0.3) is 11.3 Å². The molecule has 0 radical (unpaired) electrons. The molecule has 2 aromatic rings. The molecule has 1 aliphatic rings. The number of rotatable bonds is 3. The third-order valence-electron chi connectivity index (χ3n) is 3.20. The van der Waals surface area contributed by atoms with Crippen molar-refractivity contribution in [2.45, 2.75) is 19.3 Å². The summed E-state index contributed by atoms with van der Waals surface area (Å²) in [6.45, 7) is 0. The van der Waals surface area contributed by atoms with Gasteiger partial charge in [0.2, 0.25) is 0 Å². The van der Waals surface area contributed by atoms with Gasteiger partial charge in [-0.3, -0.25) is 0 Å². The summed E-state index contributed by atoms with van der Waals surface area (Å²) in [7, 11) is 0. The van der Waals surface area contributed by atoms with Gasteiger partial charge in [0, 0.05) is 17.4 Å². The molecule has 0 atom stereocenters. The number of nitrogens with zero attached hydrogens (tertiary/aromatic N) is 2. The van der Waals surface area contributed by atoms with E-state index in [2.05, 4.69) is 28.6 Å². The number of hydrogen-bond donors (Lipinski definition) is 0. The monoisotopic (exact) mass is 240 g/mol. The van der Waals surface area contributed by atoms with Crippen LogP contribution in [0.15, 0.2) is 35.7 Å². The zero-order chi connectivity index (χ0) is 11.7. The van der Waals surface area contributed by atoms with Crippen LogP contribution in [-0.2, 0) is 6.42 Å². The van der Waals surface area contributed by atoms with E-state index in [0.29, 0.717) is 0 Å². The van der Waals surface area contributed by atoms with Crippen LogP contribution in [0, 0.1) is 16.7 Å². The summed E-state index contributed by atoms with van der Waals surface area (Å²) in [5, 5.41) is 12.2. The smallest absolute Gasteiger partial charge is 0.0948 e. The predicted octanol–water partition coefficient (Wildman–Crippen LogP) is 3.66. The van der Waals surface area contributed by atoms with Gasteiger partial charge >= 0.3 is 0 Å². The molecule has 1 aromatic heterocycles. The Hall–Kier alpha value is -1.66. The van der Waals surface area contributed by atoms with E-state index in [0.717, 1.165) is 35.5 Å². The molecule has 0 unspecified atom stereocenters. The normalized spacial score (nSPS) is 16.4. The van der Waals surface area contributed by atoms with E-state index in [4.69, 9.17) is 5.26 Å². The van der Waals surface area contributed by atoms with Crippen molar-refractivity contribution in [2.24, 2.45) is 5.41 Å². The molecule has 0 aliphatic heterocycles. The minimum atomic E-state index is -0.0915. The minimum Gasteiger partial charge on any atom is -0.241 e. The number of nitriles is 1. The van der Waals surface area contributed by atoms with E-state index < -0.39 is 0 Å². The molecule has 1 heterocycles. The quantitative estimate of drug-likeness (QED) is 0.821. The zero-order valence-electron chi connectivity index (χ0n) is 9.39. The summed E-state index contributed by atoms with van der Waals surface area (Å²) in [6.07, 6.45) is 2.88. The van der Waals surface area contributed by atoms with Gasteiger partial charge < -0.3 is 0 Å². The standard InChI is InChI=1S/C14H12N2S/c15-10-14(6-7-14)8-13-16-12(9-17-13)11-4-2-1-3-5-11/h1-5,9H,6-8H2. The summed E-state index contributed by atoms with van der Waals surface area (Å²) in [4.78, 5) is 4.62. The van der Waals surface area contributed by atoms with E-state index in [-0.39, 0.29) is 5.41 Å². The lowest BCUT2D eigenvalue weighted by Crippen LogP contribution is -2.00. The number of benzene rings is 1. The van der Waals surface area contributed by atoms with Crippen molar-refractivity contribution in [2.75, 3.05) is 0 Å². The van der Waals surface area contributed by atoms with Crippen LogP contribution in [0.2, 0.25) is 0 Å². The molecule has 1 aliphatic carbocycles. The summed E-state index contributed by atoms with van der Waals surface area (Å²) in [5.74, 6) is 0. The molecule has 0 N–H and O–H groups in total. The van der Waals surface area contributed by atoms with Crippen molar-refractivity contribution in [1.29, 1.82) is 5.26 Å². The third kappa shape index (κ3) is 2.09. The SMILES string of the molecule is N#CC1(Cc2nc(-c3ccccc3)cs2)CC1. The van der Waals surface area contributed by atoms with Gasteiger partial charge in [0.15, 0.2) is 0 Å². The Balaban J connectivity index is 1.82. The second kappa shape index (κ2) is 3.97. The first kappa shape index (κ1) is 10.5. The molecule has 3 rings (SSSR count). The van der Waals surface area contributed by atoms with Gasteiger partial charge in [0.05, 0.1) is 22.2 Å². The van der Waals surface area contributed by atoms with Crippen molar-refractivity contribution in [3.05, 3.63) is 40.7 Å². The third-order valence-corrected chi connectivity index (χ3v) is 4.05. The van der Waals surface area contributed by atoms with Crippen LogP contribution in [0.3, 0.4) is 0 Å². The molecule has 0 amide bonds. The second-order valence-electron chi connectivity index (χ2n) is 4.56. The maximum absolute atomic E-state index is 9.07. The molecule has 0 bridgehead atoms. The van der Waals surface area contributed by atoms with Crippen molar-refractivity contribution in [3.63, 3.8) is 0 Å². The van der Waals surface area contributed by atoms with E-state index in [1.54, 1.807) is 11.3 Å². The fraction of sp³-hybridized carbons (Fsp3) is 0.286. The lowest BCUT2D eigenvalue weighted by molar-refractivity contribution is 0.662. The average molecular weight is 240 g/mol. The fourth-order valence-electron chi connectivity index (χ4n) is 1.90. The molecule has 1 aromatic carbocycles. The van der Waals surface area contributed by atoms with Gasteiger partial charge in [-0.2, -0.15) is 5.26 Å². The maximum Gasteiger partial charge on any atom is 0.0948 e. The molecule has 1 fully saturated rings. The Morgan fingerprint density at radius 2 is 2.06 bits per heavy atom. The van der Waals surface area contributed by atoms with Gasteiger partial charge in [0.1, 0.15) is 0 Å². The Morgan fingerprint density at radius 1 is 1.29 bits per heavy atom. The highest BCUT2D eigenvalue weighted by Crippen LogP contribution is 2.48. The summed E-state index contributed by atoms with van der Waals surface area (Å²) in [5.41, 5.74) is 2.09. The van der Waals surface area contributed by atoms with Crippen LogP contribution in [0.5, 0.6) is 0 Å². The lowest BCUT2D eigenvalue weighted by atomic mass is 10.1. The zero-order valence-corrected chi connectivity index (χ0v) is 10.2. The fourth-order valence-corrected chi connectivity index (χ4v) is 2.85. The Kier molecular flexibility index (Phi) is 2.45. The van der Waals surface area contributed by atoms with Gasteiger partial charge in [-0.05, 0) is 12.8 Å². The van der Waals surface area contributed by atoms with Crippen LogP contribution in [0.4, 0.5) is 0 Å². The largest absolute Gasteiger partial charge is 0.241 e. The molecule has 3 heteroatoms. The molecule has 0 spiro atoms. The van der Waals surface area contributed by atoms with Gasteiger partial charge in [-0.15, -0.1) is 11.3 Å². The van der Waals surface area contributed by atoms with Gasteiger partial charge in [-0.1, -0.05) is 30.3 Å². The highest BCUT2D eigenvalue weighted by Gasteiger charge is 2.43. The molecule has 0 saturated heterocycles. The first-order valence-corrected chi connectivity index (χ1v) is 6.60. The topological polar surface area (TPSA) is 36.7 Å². The summed E-state index contributed by atoms with van der Waals surface area (Å²) >= 11 is 1.66. The van der Waals surface area contributed by atoms with Crippen LogP contribution >= 0.6 is 11.3 Å². The predicted molar refractivity (Wildman–Crippen MR) is 68.5 cm³/mol. The van der Waals surface area contributed by atoms with Gasteiger partial charge in [-0.25, -0.2) is 4.98 Å². The van der Waals surface area contributed by atoms with E-state index in [9.17, 15) is 0 Å². The van der Waals surface area contributed by atoms with Crippen molar-refractivity contribution >= 4 is 11.3 Å². The van der Waals surface area contributed by atoms with E-state index in [1.807, 2.05) is 18.2 Å². The lowest BCUT2D eigenvalue weighted by Gasteiger charge is -2.00. The van der Waals surface area contributed by atoms with E-state index >= 15 is 0 Å². The van der Waals surface area contributed by atoms with Crippen LogP contribution < -0.4 is 0 Å².